The van der Waals surface area contributed by atoms with E-state index in [0.29, 0.717) is 9.58 Å². The number of hydrogen-bond donors (Lipinski definition) is 0. The molecular weight excluding hydrogens is 430 g/mol. The summed E-state index contributed by atoms with van der Waals surface area (Å²) in [4.78, 5) is 0.494. The van der Waals surface area contributed by atoms with E-state index in [0.717, 1.165) is 23.8 Å². The molecule has 0 spiro atoms. The van der Waals surface area contributed by atoms with Gasteiger partial charge in [-0.25, -0.2) is 8.42 Å². The van der Waals surface area contributed by atoms with Gasteiger partial charge in [-0.05, 0) is 18.1 Å². The molecule has 1 atom stereocenters. The Morgan fingerprint density at radius 3 is 1.86 bits per heavy atom. The Labute approximate surface area is 162 Å². The van der Waals surface area contributed by atoms with Crippen molar-refractivity contribution < 1.29 is 39.3 Å². The predicted molar refractivity (Wildman–Crippen MR) is 96.2 cm³/mol. The average Bonchev–Trinajstić information content (AvgIpc) is 2.85. The Balaban J connectivity index is 0.000000416. The first-order valence-corrected chi connectivity index (χ1v) is 10.7. The van der Waals surface area contributed by atoms with Gasteiger partial charge in [0.15, 0.2) is 19.7 Å². The lowest BCUT2D eigenvalue weighted by atomic mass is 9.94. The van der Waals surface area contributed by atoms with Gasteiger partial charge in [-0.2, -0.15) is 13.2 Å². The Morgan fingerprint density at radius 2 is 1.50 bits per heavy atom. The zero-order chi connectivity index (χ0) is 22.1. The maximum absolute atomic E-state index is 13.5. The summed E-state index contributed by atoms with van der Waals surface area (Å²) in [6.45, 7) is 7.59. The summed E-state index contributed by atoms with van der Waals surface area (Å²) in [6.07, 6.45) is 1.77. The zero-order valence-corrected chi connectivity index (χ0v) is 17.2. The number of thiophene rings is 1. The maximum atomic E-state index is 13.5. The molecule has 2 rings (SSSR count). The van der Waals surface area contributed by atoms with E-state index in [4.69, 9.17) is 13.0 Å². The van der Waals surface area contributed by atoms with Gasteiger partial charge in [-0.15, -0.1) is 13.2 Å². The van der Waals surface area contributed by atoms with Gasteiger partial charge < -0.3 is 4.55 Å². The Bertz CT molecular complexity index is 919. The van der Waals surface area contributed by atoms with Crippen molar-refractivity contribution in [1.82, 2.24) is 0 Å². The van der Waals surface area contributed by atoms with Gasteiger partial charge in [0.1, 0.15) is 0 Å². The second-order valence-electron chi connectivity index (χ2n) is 7.03. The summed E-state index contributed by atoms with van der Waals surface area (Å²) in [5.41, 5.74) is -9.32. The second-order valence-corrected chi connectivity index (χ2v) is 10.4. The van der Waals surface area contributed by atoms with E-state index in [9.17, 15) is 26.3 Å². The van der Waals surface area contributed by atoms with Crippen LogP contribution in [0.2, 0.25) is 0 Å². The lowest BCUT2D eigenvalue weighted by Gasteiger charge is -2.13. The largest absolute Gasteiger partial charge is 0.741 e. The molecule has 0 radical (unpaired) electrons. The van der Waals surface area contributed by atoms with Crippen LogP contribution in [-0.4, -0.2) is 18.5 Å². The number of alkyl halides is 6. The van der Waals surface area contributed by atoms with Crippen LogP contribution in [0.5, 0.6) is 0 Å². The van der Waals surface area contributed by atoms with Crippen LogP contribution < -0.4 is 0 Å². The lowest BCUT2D eigenvalue weighted by Crippen LogP contribution is -2.21. The minimum atomic E-state index is -6.09. The van der Waals surface area contributed by atoms with Crippen molar-refractivity contribution in [2.75, 3.05) is 0 Å². The summed E-state index contributed by atoms with van der Waals surface area (Å²) in [6, 6.07) is 7.28. The average molecular weight is 450 g/mol. The number of fused-ring (bicyclic) bond motifs is 1. The topological polar surface area (TPSA) is 57.2 Å². The van der Waals surface area contributed by atoms with Crippen molar-refractivity contribution in [3.8, 4) is 0 Å². The number of aryl methyl sites for hydroxylation is 1. The predicted octanol–water partition coefficient (Wildman–Crippen LogP) is 6.37. The van der Waals surface area contributed by atoms with Crippen LogP contribution in [0.25, 0.3) is 10.1 Å². The van der Waals surface area contributed by atoms with E-state index in [2.05, 4.69) is 0 Å². The van der Waals surface area contributed by atoms with Gasteiger partial charge in [0.25, 0.3) is 0 Å². The molecule has 1 heterocycles. The summed E-state index contributed by atoms with van der Waals surface area (Å²) in [5.74, 6) is 0. The molecule has 2 aromatic rings. The fourth-order valence-corrected chi connectivity index (χ4v) is 4.63. The van der Waals surface area contributed by atoms with E-state index >= 15 is 0 Å². The van der Waals surface area contributed by atoms with Gasteiger partial charge in [0, 0.05) is 22.9 Å². The third kappa shape index (κ3) is 6.08. The van der Waals surface area contributed by atoms with Gasteiger partial charge in [0.2, 0.25) is 0 Å². The van der Waals surface area contributed by atoms with Crippen LogP contribution in [0.1, 0.15) is 44.6 Å². The van der Waals surface area contributed by atoms with E-state index in [-0.39, 0.29) is 0 Å². The molecule has 0 fully saturated rings. The molecule has 0 saturated carbocycles. The first-order valence-electron chi connectivity index (χ1n) is 8.08. The molecule has 0 saturated heterocycles. The van der Waals surface area contributed by atoms with E-state index in [1.807, 2.05) is 39.8 Å². The van der Waals surface area contributed by atoms with Crippen LogP contribution in [0.4, 0.5) is 26.3 Å². The van der Waals surface area contributed by atoms with E-state index in [1.54, 1.807) is 12.1 Å². The molecule has 1 unspecified atom stereocenters. The third-order valence-corrected chi connectivity index (χ3v) is 6.59. The highest BCUT2D eigenvalue weighted by atomic mass is 32.2. The SMILES string of the molecule is CCCc1ccc2cc(C(C)(C)C)[s+](C(F)(F)F)c2c1.O=S(=O)([O-])C(F)(F)F. The van der Waals surface area contributed by atoms with Crippen molar-refractivity contribution in [3.63, 3.8) is 0 Å². The normalized spacial score (nSPS) is 14.0. The van der Waals surface area contributed by atoms with Crippen LogP contribution >= 0.6 is 10.5 Å². The second kappa shape index (κ2) is 8.19. The molecule has 1 aromatic carbocycles. The van der Waals surface area contributed by atoms with Crippen molar-refractivity contribution in [2.24, 2.45) is 0 Å². The smallest absolute Gasteiger partial charge is 0.600 e. The van der Waals surface area contributed by atoms with Crippen molar-refractivity contribution in [3.05, 3.63) is 34.7 Å². The van der Waals surface area contributed by atoms with Gasteiger partial charge in [0.05, 0.1) is 10.5 Å². The first-order chi connectivity index (χ1) is 12.4. The number of benzene rings is 1. The van der Waals surface area contributed by atoms with Crippen molar-refractivity contribution >= 4 is 30.7 Å². The first kappa shape index (κ1) is 24.7. The minimum Gasteiger partial charge on any atom is -0.741 e. The van der Waals surface area contributed by atoms with Gasteiger partial charge >= 0.3 is 11.0 Å². The molecule has 0 aliphatic rings. The fraction of sp³-hybridized carbons (Fsp3) is 0.529. The minimum absolute atomic E-state index is 0.452. The van der Waals surface area contributed by atoms with Crippen molar-refractivity contribution in [2.45, 2.75) is 57.0 Å². The Kier molecular flexibility index (Phi) is 7.23. The summed E-state index contributed by atoms with van der Waals surface area (Å²) in [7, 11) is -7.87. The summed E-state index contributed by atoms with van der Waals surface area (Å²) >= 11 is 0. The van der Waals surface area contributed by atoms with Crippen molar-refractivity contribution in [1.29, 1.82) is 0 Å². The standard InChI is InChI=1S/C16H20F3S.CHF3O3S/c1-5-6-11-7-8-12-10-14(15(2,3)4)20(13(12)9-11)16(17,18)19;2-1(3,4)8(5,6)7/h7-10H,5-6H2,1-4H3;(H,5,6,7)/q+1;/p-1. The molecule has 3 nitrogen and oxygen atoms in total. The Morgan fingerprint density at radius 1 is 1.00 bits per heavy atom. The molecule has 1 aromatic heterocycles. The monoisotopic (exact) mass is 450 g/mol. The summed E-state index contributed by atoms with van der Waals surface area (Å²) < 4.78 is 99.9. The molecule has 160 valence electrons. The fourth-order valence-electron chi connectivity index (χ4n) is 2.41. The quantitative estimate of drug-likeness (QED) is 0.231. The van der Waals surface area contributed by atoms with E-state index in [1.165, 1.54) is 0 Å². The highest BCUT2D eigenvalue weighted by Gasteiger charge is 2.50. The molecule has 28 heavy (non-hydrogen) atoms. The van der Waals surface area contributed by atoms with Crippen LogP contribution in [0.15, 0.2) is 24.3 Å². The highest BCUT2D eigenvalue weighted by molar-refractivity contribution is 7.86. The summed E-state index contributed by atoms with van der Waals surface area (Å²) in [5, 5.41) is 0.732. The molecule has 0 amide bonds. The molecular formula is C17H20F6O3S2. The van der Waals surface area contributed by atoms with E-state index < -0.39 is 37.0 Å². The molecule has 0 N–H and O–H groups in total. The van der Waals surface area contributed by atoms with Crippen LogP contribution in [-0.2, 0) is 27.5 Å². The third-order valence-electron chi connectivity index (χ3n) is 3.60. The van der Waals surface area contributed by atoms with Crippen LogP contribution in [0, 0.1) is 0 Å². The number of halogens is 6. The number of rotatable bonds is 2. The van der Waals surface area contributed by atoms with Gasteiger partial charge in [-0.3, -0.25) is 0 Å². The highest BCUT2D eigenvalue weighted by Crippen LogP contribution is 2.54. The number of hydrogen-bond acceptors (Lipinski definition) is 3. The molecule has 0 aliphatic heterocycles. The van der Waals surface area contributed by atoms with Crippen LogP contribution in [0.3, 0.4) is 0 Å². The molecule has 0 aliphatic carbocycles. The molecule has 0 bridgehead atoms. The maximum Gasteiger partial charge on any atom is 0.600 e. The molecule has 11 heteroatoms. The lowest BCUT2D eigenvalue weighted by molar-refractivity contribution is -0.0869. The van der Waals surface area contributed by atoms with Gasteiger partial charge in [-0.1, -0.05) is 40.2 Å². The zero-order valence-electron chi connectivity index (χ0n) is 15.5. The Hall–Kier alpha value is -1.33.